The molecular weight excluding hydrogens is 446 g/mol. The van der Waals surface area contributed by atoms with Gasteiger partial charge in [0.05, 0.1) is 16.5 Å². The molecule has 0 radical (unpaired) electrons. The molecule has 172 valence electrons. The summed E-state index contributed by atoms with van der Waals surface area (Å²) in [6.45, 7) is 7.60. The van der Waals surface area contributed by atoms with Crippen LogP contribution in [0.1, 0.15) is 36.7 Å². The zero-order chi connectivity index (χ0) is 23.7. The molecule has 9 heteroatoms. The van der Waals surface area contributed by atoms with Crippen molar-refractivity contribution in [2.45, 2.75) is 44.2 Å². The summed E-state index contributed by atoms with van der Waals surface area (Å²) in [4.78, 5) is 27.4. The summed E-state index contributed by atoms with van der Waals surface area (Å²) in [5, 5.41) is 2.94. The minimum atomic E-state index is -3.71. The van der Waals surface area contributed by atoms with E-state index in [0.29, 0.717) is 22.9 Å². The number of benzene rings is 2. The van der Waals surface area contributed by atoms with Crippen molar-refractivity contribution < 1.29 is 18.0 Å². The number of hydrogen-bond donors (Lipinski definition) is 1. The number of rotatable bonds is 5. The summed E-state index contributed by atoms with van der Waals surface area (Å²) < 4.78 is 27.0. The zero-order valence-corrected chi connectivity index (χ0v) is 20.6. The number of aryl methyl sites for hydroxylation is 1. The van der Waals surface area contributed by atoms with Crippen LogP contribution in [0, 0.1) is 6.92 Å². The molecule has 0 bridgehead atoms. The highest BCUT2D eigenvalue weighted by atomic mass is 32.2. The SMILES string of the molecule is Cc1ccc(S(=O)(=O)N(C)c2ccc(C(=O)N3CSCC3C(=O)NC(C)(C)C)cc2)cc1. The van der Waals surface area contributed by atoms with E-state index in [1.165, 1.54) is 23.1 Å². The Balaban J connectivity index is 1.76. The van der Waals surface area contributed by atoms with E-state index in [-0.39, 0.29) is 22.2 Å². The van der Waals surface area contributed by atoms with Crippen LogP contribution in [-0.2, 0) is 14.8 Å². The molecule has 0 saturated carbocycles. The first kappa shape index (κ1) is 24.1. The Hall–Kier alpha value is -2.52. The average Bonchev–Trinajstić information content (AvgIpc) is 3.22. The summed E-state index contributed by atoms with van der Waals surface area (Å²) >= 11 is 1.53. The molecule has 0 spiro atoms. The second kappa shape index (κ2) is 9.15. The monoisotopic (exact) mass is 475 g/mol. The highest BCUT2D eigenvalue weighted by Crippen LogP contribution is 2.26. The van der Waals surface area contributed by atoms with Crippen LogP contribution in [0.3, 0.4) is 0 Å². The maximum atomic E-state index is 13.1. The lowest BCUT2D eigenvalue weighted by atomic mass is 10.1. The van der Waals surface area contributed by atoms with E-state index in [9.17, 15) is 18.0 Å². The Kier molecular flexibility index (Phi) is 6.90. The van der Waals surface area contributed by atoms with E-state index in [0.717, 1.165) is 5.56 Å². The fourth-order valence-corrected chi connectivity index (χ4v) is 5.65. The van der Waals surface area contributed by atoms with E-state index in [1.54, 1.807) is 53.4 Å². The van der Waals surface area contributed by atoms with Crippen LogP contribution in [-0.4, -0.2) is 55.4 Å². The lowest BCUT2D eigenvalue weighted by molar-refractivity contribution is -0.125. The summed E-state index contributed by atoms with van der Waals surface area (Å²) in [6.07, 6.45) is 0. The van der Waals surface area contributed by atoms with Gasteiger partial charge in [-0.3, -0.25) is 13.9 Å². The number of nitrogens with zero attached hydrogens (tertiary/aromatic N) is 2. The molecule has 0 aliphatic carbocycles. The maximum absolute atomic E-state index is 13.1. The predicted molar refractivity (Wildman–Crippen MR) is 128 cm³/mol. The Labute approximate surface area is 194 Å². The molecule has 7 nitrogen and oxygen atoms in total. The van der Waals surface area contributed by atoms with Gasteiger partial charge in [-0.25, -0.2) is 8.42 Å². The van der Waals surface area contributed by atoms with Gasteiger partial charge in [0.1, 0.15) is 6.04 Å². The third-order valence-corrected chi connectivity index (χ3v) is 7.91. The standard InChI is InChI=1S/C23H29N3O4S2/c1-16-6-12-19(13-7-16)32(29,30)25(5)18-10-8-17(9-11-18)22(28)26-15-31-14-20(26)21(27)24-23(2,3)4/h6-13,20H,14-15H2,1-5H3,(H,24,27). The summed E-state index contributed by atoms with van der Waals surface area (Å²) in [7, 11) is -2.23. The van der Waals surface area contributed by atoms with Crippen molar-refractivity contribution in [2.24, 2.45) is 0 Å². The molecule has 1 unspecified atom stereocenters. The fourth-order valence-electron chi connectivity index (χ4n) is 3.30. The molecule has 32 heavy (non-hydrogen) atoms. The summed E-state index contributed by atoms with van der Waals surface area (Å²) in [5.41, 5.74) is 1.45. The van der Waals surface area contributed by atoms with Gasteiger partial charge in [-0.05, 0) is 64.1 Å². The third-order valence-electron chi connectivity index (χ3n) is 5.10. The van der Waals surface area contributed by atoms with E-state index in [4.69, 9.17) is 0 Å². The van der Waals surface area contributed by atoms with Crippen LogP contribution in [0.5, 0.6) is 0 Å². The second-order valence-corrected chi connectivity index (χ2v) is 11.8. The molecule has 3 rings (SSSR count). The topological polar surface area (TPSA) is 86.8 Å². The molecule has 2 aromatic rings. The molecule has 1 aliphatic rings. The first-order chi connectivity index (χ1) is 14.9. The van der Waals surface area contributed by atoms with Crippen molar-refractivity contribution in [3.63, 3.8) is 0 Å². The molecule has 1 N–H and O–H groups in total. The largest absolute Gasteiger partial charge is 0.350 e. The maximum Gasteiger partial charge on any atom is 0.264 e. The minimum absolute atomic E-state index is 0.170. The molecular formula is C23H29N3O4S2. The summed E-state index contributed by atoms with van der Waals surface area (Å²) in [5.74, 6) is 0.560. The number of carbonyl (C=O) groups excluding carboxylic acids is 2. The highest BCUT2D eigenvalue weighted by molar-refractivity contribution is 7.99. The number of hydrogen-bond acceptors (Lipinski definition) is 5. The molecule has 2 aromatic carbocycles. The minimum Gasteiger partial charge on any atom is -0.350 e. The van der Waals surface area contributed by atoms with Gasteiger partial charge in [0, 0.05) is 23.9 Å². The van der Waals surface area contributed by atoms with Crippen molar-refractivity contribution in [1.29, 1.82) is 0 Å². The number of anilines is 1. The van der Waals surface area contributed by atoms with Crippen molar-refractivity contribution in [3.05, 3.63) is 59.7 Å². The first-order valence-electron chi connectivity index (χ1n) is 10.3. The third kappa shape index (κ3) is 5.27. The Morgan fingerprint density at radius 1 is 1.06 bits per heavy atom. The van der Waals surface area contributed by atoms with E-state index >= 15 is 0 Å². The van der Waals surface area contributed by atoms with Crippen LogP contribution in [0.15, 0.2) is 53.4 Å². The molecule has 1 heterocycles. The number of thioether (sulfide) groups is 1. The van der Waals surface area contributed by atoms with Crippen molar-refractivity contribution >= 4 is 39.3 Å². The second-order valence-electron chi connectivity index (χ2n) is 8.86. The lowest BCUT2D eigenvalue weighted by Gasteiger charge is -2.28. The smallest absolute Gasteiger partial charge is 0.264 e. The van der Waals surface area contributed by atoms with Crippen LogP contribution < -0.4 is 9.62 Å². The molecule has 2 amide bonds. The van der Waals surface area contributed by atoms with Crippen LogP contribution in [0.2, 0.25) is 0 Å². The zero-order valence-electron chi connectivity index (χ0n) is 19.0. The quantitative estimate of drug-likeness (QED) is 0.717. The Morgan fingerprint density at radius 3 is 2.22 bits per heavy atom. The van der Waals surface area contributed by atoms with Gasteiger partial charge < -0.3 is 10.2 Å². The van der Waals surface area contributed by atoms with Crippen LogP contribution >= 0.6 is 11.8 Å². The van der Waals surface area contributed by atoms with Crippen molar-refractivity contribution in [2.75, 3.05) is 23.0 Å². The van der Waals surface area contributed by atoms with Gasteiger partial charge in [-0.15, -0.1) is 11.8 Å². The highest BCUT2D eigenvalue weighted by Gasteiger charge is 2.36. The van der Waals surface area contributed by atoms with E-state index < -0.39 is 16.1 Å². The predicted octanol–water partition coefficient (Wildman–Crippen LogP) is 3.25. The number of carbonyl (C=O) groups is 2. The van der Waals surface area contributed by atoms with Gasteiger partial charge in [0.2, 0.25) is 5.91 Å². The van der Waals surface area contributed by atoms with Gasteiger partial charge in [-0.1, -0.05) is 17.7 Å². The normalized spacial score (nSPS) is 16.7. The number of nitrogens with one attached hydrogen (secondary N) is 1. The van der Waals surface area contributed by atoms with Gasteiger partial charge in [0.25, 0.3) is 15.9 Å². The fraction of sp³-hybridized carbons (Fsp3) is 0.391. The van der Waals surface area contributed by atoms with Crippen LogP contribution in [0.4, 0.5) is 5.69 Å². The molecule has 1 atom stereocenters. The molecule has 0 aromatic heterocycles. The lowest BCUT2D eigenvalue weighted by Crippen LogP contribution is -2.52. The molecule has 1 saturated heterocycles. The number of amides is 2. The van der Waals surface area contributed by atoms with Gasteiger partial charge >= 0.3 is 0 Å². The average molecular weight is 476 g/mol. The van der Waals surface area contributed by atoms with Crippen LogP contribution in [0.25, 0.3) is 0 Å². The van der Waals surface area contributed by atoms with Crippen molar-refractivity contribution in [1.82, 2.24) is 10.2 Å². The first-order valence-corrected chi connectivity index (χ1v) is 12.9. The Bertz CT molecular complexity index is 1090. The van der Waals surface area contributed by atoms with Gasteiger partial charge in [-0.2, -0.15) is 0 Å². The summed E-state index contributed by atoms with van der Waals surface area (Å²) in [6, 6.07) is 12.5. The number of sulfonamides is 1. The molecule has 1 fully saturated rings. The molecule has 1 aliphatic heterocycles. The Morgan fingerprint density at radius 2 is 1.66 bits per heavy atom. The van der Waals surface area contributed by atoms with Gasteiger partial charge in [0.15, 0.2) is 0 Å². The van der Waals surface area contributed by atoms with E-state index in [1.807, 2.05) is 27.7 Å². The van der Waals surface area contributed by atoms with Crippen molar-refractivity contribution in [3.8, 4) is 0 Å². The van der Waals surface area contributed by atoms with E-state index in [2.05, 4.69) is 5.32 Å².